The molecular weight excluding hydrogens is 388 g/mol. The molecule has 1 N–H and O–H groups in total. The van der Waals surface area contributed by atoms with E-state index in [1.165, 1.54) is 0 Å². The van der Waals surface area contributed by atoms with Gasteiger partial charge in [0.2, 0.25) is 11.8 Å². The molecule has 5 heteroatoms. The van der Waals surface area contributed by atoms with Gasteiger partial charge in [-0.2, -0.15) is 0 Å². The van der Waals surface area contributed by atoms with Crippen molar-refractivity contribution >= 4 is 23.2 Å². The highest BCUT2D eigenvalue weighted by Gasteiger charge is 2.35. The Bertz CT molecular complexity index is 1120. The normalized spacial score (nSPS) is 15.8. The third-order valence-corrected chi connectivity index (χ3v) is 5.71. The zero-order chi connectivity index (χ0) is 22.0. The summed E-state index contributed by atoms with van der Waals surface area (Å²) in [5, 5.41) is 2.93. The van der Waals surface area contributed by atoms with Crippen LogP contribution in [0.1, 0.15) is 23.1 Å². The summed E-state index contributed by atoms with van der Waals surface area (Å²) in [6.45, 7) is 6.44. The smallest absolute Gasteiger partial charge is 0.229 e. The lowest BCUT2D eigenvalue weighted by atomic mass is 10.1. The van der Waals surface area contributed by atoms with Crippen LogP contribution in [0.4, 0.5) is 11.4 Å². The standard InChI is InChI=1S/C26H26N2O3/c1-17-6-4-8-23(14-17)31-22-12-10-21(11-13-22)27-26(30)20-15-25(29)28(16-20)24-9-5-7-18(2)19(24)3/h4-14,20H,15-16H2,1-3H3,(H,27,30)/t20-/m0/s1. The van der Waals surface area contributed by atoms with Crippen LogP contribution in [-0.4, -0.2) is 18.4 Å². The lowest BCUT2D eigenvalue weighted by molar-refractivity contribution is -0.122. The Morgan fingerprint density at radius 2 is 1.71 bits per heavy atom. The second kappa shape index (κ2) is 8.64. The third kappa shape index (κ3) is 4.61. The fourth-order valence-corrected chi connectivity index (χ4v) is 3.81. The molecule has 1 atom stereocenters. The van der Waals surface area contributed by atoms with Gasteiger partial charge in [0, 0.05) is 24.3 Å². The highest BCUT2D eigenvalue weighted by molar-refractivity contribution is 6.03. The van der Waals surface area contributed by atoms with E-state index in [1.807, 2.05) is 87.5 Å². The van der Waals surface area contributed by atoms with Crippen LogP contribution < -0.4 is 15.0 Å². The number of hydrogen-bond donors (Lipinski definition) is 1. The SMILES string of the molecule is Cc1cccc(Oc2ccc(NC(=O)[C@H]3CC(=O)N(c4cccc(C)c4C)C3)cc2)c1. The quantitative estimate of drug-likeness (QED) is 0.608. The Labute approximate surface area is 182 Å². The fourth-order valence-electron chi connectivity index (χ4n) is 3.81. The Balaban J connectivity index is 1.39. The number of nitrogens with zero attached hydrogens (tertiary/aromatic N) is 1. The van der Waals surface area contributed by atoms with Gasteiger partial charge in [0.25, 0.3) is 0 Å². The van der Waals surface area contributed by atoms with Gasteiger partial charge in [0.1, 0.15) is 11.5 Å². The highest BCUT2D eigenvalue weighted by Crippen LogP contribution is 2.30. The summed E-state index contributed by atoms with van der Waals surface area (Å²) in [6.07, 6.45) is 0.216. The molecular formula is C26H26N2O3. The van der Waals surface area contributed by atoms with Gasteiger partial charge >= 0.3 is 0 Å². The molecule has 1 saturated heterocycles. The van der Waals surface area contributed by atoms with E-state index < -0.39 is 0 Å². The van der Waals surface area contributed by atoms with E-state index in [1.54, 1.807) is 4.90 Å². The molecule has 4 rings (SSSR count). The minimum atomic E-state index is -0.379. The van der Waals surface area contributed by atoms with Crippen molar-refractivity contribution in [2.45, 2.75) is 27.2 Å². The van der Waals surface area contributed by atoms with Gasteiger partial charge in [0.05, 0.1) is 5.92 Å². The van der Waals surface area contributed by atoms with E-state index >= 15 is 0 Å². The molecule has 1 heterocycles. The van der Waals surface area contributed by atoms with Crippen LogP contribution in [-0.2, 0) is 9.59 Å². The fraction of sp³-hybridized carbons (Fsp3) is 0.231. The maximum atomic E-state index is 12.8. The molecule has 0 unspecified atom stereocenters. The van der Waals surface area contributed by atoms with Gasteiger partial charge in [-0.15, -0.1) is 0 Å². The van der Waals surface area contributed by atoms with Crippen LogP contribution in [0.2, 0.25) is 0 Å². The van der Waals surface area contributed by atoms with E-state index in [9.17, 15) is 9.59 Å². The maximum Gasteiger partial charge on any atom is 0.229 e. The maximum absolute atomic E-state index is 12.8. The topological polar surface area (TPSA) is 58.6 Å². The third-order valence-electron chi connectivity index (χ3n) is 5.71. The average Bonchev–Trinajstić information content (AvgIpc) is 3.13. The summed E-state index contributed by atoms with van der Waals surface area (Å²) < 4.78 is 5.85. The van der Waals surface area contributed by atoms with Gasteiger partial charge in [-0.3, -0.25) is 9.59 Å². The molecule has 0 radical (unpaired) electrons. The van der Waals surface area contributed by atoms with Crippen LogP contribution in [0.5, 0.6) is 11.5 Å². The molecule has 0 aliphatic carbocycles. The molecule has 3 aromatic carbocycles. The predicted molar refractivity (Wildman–Crippen MR) is 123 cm³/mol. The van der Waals surface area contributed by atoms with Gasteiger partial charge in [-0.25, -0.2) is 0 Å². The number of benzene rings is 3. The Morgan fingerprint density at radius 3 is 2.45 bits per heavy atom. The van der Waals surface area contributed by atoms with Crippen molar-refractivity contribution in [1.82, 2.24) is 0 Å². The number of aryl methyl sites for hydroxylation is 2. The summed E-state index contributed by atoms with van der Waals surface area (Å²) in [7, 11) is 0. The minimum Gasteiger partial charge on any atom is -0.457 e. The first kappa shape index (κ1) is 20.7. The number of carbonyl (C=O) groups excluding carboxylic acids is 2. The summed E-state index contributed by atoms with van der Waals surface area (Å²) in [5.41, 5.74) is 4.90. The van der Waals surface area contributed by atoms with E-state index in [-0.39, 0.29) is 24.2 Å². The number of ether oxygens (including phenoxy) is 1. The molecule has 1 fully saturated rings. The average molecular weight is 415 g/mol. The van der Waals surface area contributed by atoms with Crippen molar-refractivity contribution in [3.05, 3.63) is 83.4 Å². The number of rotatable bonds is 5. The largest absolute Gasteiger partial charge is 0.457 e. The zero-order valence-electron chi connectivity index (χ0n) is 18.0. The second-order valence-electron chi connectivity index (χ2n) is 8.06. The van der Waals surface area contributed by atoms with E-state index in [2.05, 4.69) is 5.32 Å². The van der Waals surface area contributed by atoms with Crippen molar-refractivity contribution in [2.24, 2.45) is 5.92 Å². The lowest BCUT2D eigenvalue weighted by Crippen LogP contribution is -2.28. The van der Waals surface area contributed by atoms with Crippen molar-refractivity contribution in [1.29, 1.82) is 0 Å². The number of nitrogens with one attached hydrogen (secondary N) is 1. The molecule has 1 aliphatic rings. The monoisotopic (exact) mass is 414 g/mol. The van der Waals surface area contributed by atoms with Gasteiger partial charge in [-0.05, 0) is 79.9 Å². The number of amides is 2. The van der Waals surface area contributed by atoms with Crippen molar-refractivity contribution < 1.29 is 14.3 Å². The molecule has 0 spiro atoms. The molecule has 5 nitrogen and oxygen atoms in total. The highest BCUT2D eigenvalue weighted by atomic mass is 16.5. The van der Waals surface area contributed by atoms with Crippen molar-refractivity contribution in [3.63, 3.8) is 0 Å². The van der Waals surface area contributed by atoms with Crippen LogP contribution in [0.15, 0.2) is 66.7 Å². The van der Waals surface area contributed by atoms with Gasteiger partial charge < -0.3 is 15.0 Å². The van der Waals surface area contributed by atoms with Crippen molar-refractivity contribution in [3.8, 4) is 11.5 Å². The first-order valence-corrected chi connectivity index (χ1v) is 10.4. The first-order chi connectivity index (χ1) is 14.9. The zero-order valence-corrected chi connectivity index (χ0v) is 18.0. The molecule has 0 saturated carbocycles. The van der Waals surface area contributed by atoms with E-state index in [0.717, 1.165) is 28.1 Å². The Kier molecular flexibility index (Phi) is 5.76. The molecule has 0 aromatic heterocycles. The summed E-state index contributed by atoms with van der Waals surface area (Å²) in [4.78, 5) is 27.1. The second-order valence-corrected chi connectivity index (χ2v) is 8.06. The minimum absolute atomic E-state index is 0.0178. The molecule has 158 valence electrons. The van der Waals surface area contributed by atoms with Crippen LogP contribution in [0, 0.1) is 26.7 Å². The molecule has 2 amide bonds. The van der Waals surface area contributed by atoms with Gasteiger partial charge in [-0.1, -0.05) is 24.3 Å². The van der Waals surface area contributed by atoms with Crippen LogP contribution in [0.3, 0.4) is 0 Å². The first-order valence-electron chi connectivity index (χ1n) is 10.4. The molecule has 3 aromatic rings. The van der Waals surface area contributed by atoms with Crippen LogP contribution in [0.25, 0.3) is 0 Å². The predicted octanol–water partition coefficient (Wildman–Crippen LogP) is 5.40. The summed E-state index contributed by atoms with van der Waals surface area (Å²) in [5.74, 6) is 0.924. The number of anilines is 2. The Morgan fingerprint density at radius 1 is 0.968 bits per heavy atom. The van der Waals surface area contributed by atoms with Crippen LogP contribution >= 0.6 is 0 Å². The van der Waals surface area contributed by atoms with Crippen molar-refractivity contribution in [2.75, 3.05) is 16.8 Å². The Hall–Kier alpha value is -3.60. The molecule has 31 heavy (non-hydrogen) atoms. The lowest BCUT2D eigenvalue weighted by Gasteiger charge is -2.20. The number of carbonyl (C=O) groups is 2. The van der Waals surface area contributed by atoms with E-state index in [0.29, 0.717) is 18.0 Å². The molecule has 0 bridgehead atoms. The summed E-state index contributed by atoms with van der Waals surface area (Å²) >= 11 is 0. The van der Waals surface area contributed by atoms with Gasteiger partial charge in [0.15, 0.2) is 0 Å². The summed E-state index contributed by atoms with van der Waals surface area (Å²) in [6, 6.07) is 21.0. The molecule has 1 aliphatic heterocycles. The number of hydrogen-bond acceptors (Lipinski definition) is 3. The van der Waals surface area contributed by atoms with E-state index in [4.69, 9.17) is 4.74 Å².